The Balaban J connectivity index is 3.51. The van der Waals surface area contributed by atoms with Crippen LogP contribution in [0.25, 0.3) is 0 Å². The van der Waals surface area contributed by atoms with Gasteiger partial charge in [0, 0.05) is 12.8 Å². The van der Waals surface area contributed by atoms with E-state index in [9.17, 15) is 19.8 Å². The Hall–Kier alpha value is -1.92. The molecule has 0 aromatic rings. The quantitative estimate of drug-likeness (QED) is 0.0322. The molecule has 0 rings (SSSR count). The fourth-order valence-corrected chi connectivity index (χ4v) is 7.84. The van der Waals surface area contributed by atoms with Gasteiger partial charge in [-0.1, -0.05) is 204 Å². The molecule has 6 heteroatoms. The highest BCUT2D eigenvalue weighted by Gasteiger charge is 2.20. The number of carbonyl (C=O) groups excluding carboxylic acids is 2. The summed E-state index contributed by atoms with van der Waals surface area (Å²) in [6, 6.07) is -0.560. The molecule has 60 heavy (non-hydrogen) atoms. The van der Waals surface area contributed by atoms with Crippen molar-refractivity contribution in [2.24, 2.45) is 0 Å². The molecule has 0 bridgehead atoms. The van der Waals surface area contributed by atoms with Crippen LogP contribution in [0.5, 0.6) is 0 Å². The molecule has 6 nitrogen and oxygen atoms in total. The number of carbonyl (C=O) groups is 2. The van der Waals surface area contributed by atoms with Crippen molar-refractivity contribution in [3.8, 4) is 0 Å². The van der Waals surface area contributed by atoms with E-state index in [0.717, 1.165) is 83.5 Å². The molecule has 0 aromatic carbocycles. The molecule has 0 aromatic heterocycles. The van der Waals surface area contributed by atoms with E-state index in [-0.39, 0.29) is 18.5 Å². The Morgan fingerprint density at radius 3 is 1.32 bits per heavy atom. The molecule has 0 spiro atoms. The third kappa shape index (κ3) is 45.6. The zero-order valence-electron chi connectivity index (χ0n) is 39.9. The third-order valence-corrected chi connectivity index (χ3v) is 11.9. The molecule has 3 N–H and O–H groups in total. The van der Waals surface area contributed by atoms with Crippen molar-refractivity contribution in [1.29, 1.82) is 0 Å². The summed E-state index contributed by atoms with van der Waals surface area (Å²) in [5, 5.41) is 23.2. The van der Waals surface area contributed by atoms with Gasteiger partial charge in [0.2, 0.25) is 5.91 Å². The molecule has 1 amide bonds. The fraction of sp³-hybridized carbons (Fsp3) is 0.852. The number of aliphatic hydroxyl groups excluding tert-OH is 2. The first kappa shape index (κ1) is 58.1. The predicted octanol–water partition coefficient (Wildman–Crippen LogP) is 15.7. The molecule has 2 atom stereocenters. The first-order valence-electron chi connectivity index (χ1n) is 26.2. The van der Waals surface area contributed by atoms with E-state index >= 15 is 0 Å². The summed E-state index contributed by atoms with van der Waals surface area (Å²) in [6.45, 7) is 4.86. The van der Waals surface area contributed by atoms with Crippen LogP contribution in [-0.4, -0.2) is 47.4 Å². The van der Waals surface area contributed by atoms with Gasteiger partial charge in [-0.3, -0.25) is 9.59 Å². The minimum absolute atomic E-state index is 0.0309. The second-order valence-electron chi connectivity index (χ2n) is 17.8. The fourth-order valence-electron chi connectivity index (χ4n) is 7.84. The Morgan fingerprint density at radius 2 is 0.833 bits per heavy atom. The minimum Gasteiger partial charge on any atom is -0.466 e. The number of rotatable bonds is 48. The number of nitrogens with one attached hydrogen (secondary N) is 1. The van der Waals surface area contributed by atoms with Crippen LogP contribution in [0.4, 0.5) is 0 Å². The topological polar surface area (TPSA) is 95.9 Å². The first-order chi connectivity index (χ1) is 29.5. The van der Waals surface area contributed by atoms with Gasteiger partial charge in [-0.15, -0.1) is 0 Å². The third-order valence-electron chi connectivity index (χ3n) is 11.9. The molecule has 0 heterocycles. The van der Waals surface area contributed by atoms with Gasteiger partial charge in [0.1, 0.15) is 0 Å². The number of aliphatic hydroxyl groups is 2. The van der Waals surface area contributed by atoms with Crippen LogP contribution >= 0.6 is 0 Å². The van der Waals surface area contributed by atoms with Gasteiger partial charge in [-0.25, -0.2) is 0 Å². The number of unbranched alkanes of at least 4 members (excludes halogenated alkanes) is 31. The van der Waals surface area contributed by atoms with Gasteiger partial charge in [0.15, 0.2) is 0 Å². The number of allylic oxidation sites excluding steroid dienone is 6. The zero-order chi connectivity index (χ0) is 43.7. The number of ether oxygens (including phenoxy) is 1. The molecule has 0 saturated carbocycles. The number of esters is 1. The Labute approximate surface area is 373 Å². The van der Waals surface area contributed by atoms with E-state index in [1.807, 2.05) is 0 Å². The summed E-state index contributed by atoms with van der Waals surface area (Å²) in [4.78, 5) is 24.5. The highest BCUT2D eigenvalue weighted by Crippen LogP contribution is 2.16. The minimum atomic E-state index is -0.681. The maximum Gasteiger partial charge on any atom is 0.305 e. The zero-order valence-corrected chi connectivity index (χ0v) is 39.9. The normalized spacial score (nSPS) is 12.9. The summed E-state index contributed by atoms with van der Waals surface area (Å²) in [7, 11) is 0. The lowest BCUT2D eigenvalue weighted by Crippen LogP contribution is -2.45. The molecule has 0 radical (unpaired) electrons. The lowest BCUT2D eigenvalue weighted by molar-refractivity contribution is -0.143. The first-order valence-corrected chi connectivity index (χ1v) is 26.2. The molecule has 0 aliphatic heterocycles. The van der Waals surface area contributed by atoms with Crippen LogP contribution in [0.3, 0.4) is 0 Å². The number of amides is 1. The molecular weight excluding hydrogens is 743 g/mol. The van der Waals surface area contributed by atoms with Gasteiger partial charge < -0.3 is 20.3 Å². The standard InChI is InChI=1S/C54H101NO5/c1-3-5-7-9-11-13-15-17-19-20-21-23-28-32-36-40-44-48-54(59)60-49-45-41-37-33-29-25-24-27-31-35-39-43-47-53(58)55-51(50-56)52(57)46-42-38-34-30-26-22-18-16-14-12-10-8-6-4-2/h11,13,17,19,25,29,51-52,56-57H,3-10,12,14-16,18,20-24,26-28,30-50H2,1-2H3,(H,55,58)/b13-11-,19-17-,29-25-. The number of hydrogen-bond donors (Lipinski definition) is 3. The molecule has 0 saturated heterocycles. The van der Waals surface area contributed by atoms with Crippen molar-refractivity contribution < 1.29 is 24.5 Å². The molecule has 0 aliphatic carbocycles. The van der Waals surface area contributed by atoms with Crippen molar-refractivity contribution in [3.63, 3.8) is 0 Å². The molecular formula is C54H101NO5. The summed E-state index contributed by atoms with van der Waals surface area (Å²) in [5.41, 5.74) is 0. The maximum absolute atomic E-state index is 12.4. The van der Waals surface area contributed by atoms with Crippen LogP contribution in [0.15, 0.2) is 36.5 Å². The lowest BCUT2D eigenvalue weighted by atomic mass is 10.0. The Morgan fingerprint density at radius 1 is 0.467 bits per heavy atom. The van der Waals surface area contributed by atoms with E-state index < -0.39 is 12.1 Å². The van der Waals surface area contributed by atoms with Crippen LogP contribution in [0.2, 0.25) is 0 Å². The second kappa shape index (κ2) is 49.7. The van der Waals surface area contributed by atoms with Gasteiger partial charge in [-0.2, -0.15) is 0 Å². The van der Waals surface area contributed by atoms with E-state index in [2.05, 4.69) is 55.6 Å². The molecule has 2 unspecified atom stereocenters. The van der Waals surface area contributed by atoms with E-state index in [0.29, 0.717) is 25.9 Å². The van der Waals surface area contributed by atoms with E-state index in [1.54, 1.807) is 0 Å². The van der Waals surface area contributed by atoms with Crippen LogP contribution < -0.4 is 5.32 Å². The van der Waals surface area contributed by atoms with Crippen molar-refractivity contribution in [1.82, 2.24) is 5.32 Å². The highest BCUT2D eigenvalue weighted by molar-refractivity contribution is 5.76. The highest BCUT2D eigenvalue weighted by atomic mass is 16.5. The van der Waals surface area contributed by atoms with Gasteiger partial charge in [0.05, 0.1) is 25.4 Å². The van der Waals surface area contributed by atoms with Gasteiger partial charge in [0.25, 0.3) is 0 Å². The largest absolute Gasteiger partial charge is 0.466 e. The van der Waals surface area contributed by atoms with E-state index in [1.165, 1.54) is 154 Å². The number of hydrogen-bond acceptors (Lipinski definition) is 5. The van der Waals surface area contributed by atoms with Gasteiger partial charge >= 0.3 is 5.97 Å². The molecule has 352 valence electrons. The van der Waals surface area contributed by atoms with Crippen molar-refractivity contribution in [2.75, 3.05) is 13.2 Å². The van der Waals surface area contributed by atoms with Crippen LogP contribution in [-0.2, 0) is 14.3 Å². The Kier molecular flexibility index (Phi) is 48.1. The van der Waals surface area contributed by atoms with E-state index in [4.69, 9.17) is 4.74 Å². The van der Waals surface area contributed by atoms with Crippen molar-refractivity contribution in [2.45, 2.75) is 283 Å². The van der Waals surface area contributed by atoms with Crippen molar-refractivity contribution in [3.05, 3.63) is 36.5 Å². The van der Waals surface area contributed by atoms with Crippen LogP contribution in [0, 0.1) is 0 Å². The summed E-state index contributed by atoms with van der Waals surface area (Å²) < 4.78 is 5.45. The smallest absolute Gasteiger partial charge is 0.305 e. The predicted molar refractivity (Wildman–Crippen MR) is 259 cm³/mol. The molecule has 0 fully saturated rings. The monoisotopic (exact) mass is 844 g/mol. The summed E-state index contributed by atoms with van der Waals surface area (Å²) >= 11 is 0. The average molecular weight is 844 g/mol. The van der Waals surface area contributed by atoms with Gasteiger partial charge in [-0.05, 0) is 89.9 Å². The lowest BCUT2D eigenvalue weighted by Gasteiger charge is -2.22. The average Bonchev–Trinajstić information content (AvgIpc) is 3.25. The summed E-state index contributed by atoms with van der Waals surface area (Å²) in [6.07, 6.45) is 59.7. The second-order valence-corrected chi connectivity index (χ2v) is 17.8. The van der Waals surface area contributed by atoms with Crippen LogP contribution in [0.1, 0.15) is 271 Å². The maximum atomic E-state index is 12.4. The Bertz CT molecular complexity index is 977. The molecule has 0 aliphatic rings. The van der Waals surface area contributed by atoms with Crippen molar-refractivity contribution >= 4 is 11.9 Å². The summed E-state index contributed by atoms with van der Waals surface area (Å²) in [5.74, 6) is -0.0926. The SMILES string of the molecule is CCCCC/C=C\C/C=C\CCCCCCCCCC(=O)OCCCCC/C=C\CCCCCCCC(=O)NC(CO)C(O)CCCCCCCCCCCCCCCC.